The van der Waals surface area contributed by atoms with E-state index < -0.39 is 62.5 Å². The number of benzene rings is 1. The fourth-order valence-corrected chi connectivity index (χ4v) is 6.75. The van der Waals surface area contributed by atoms with E-state index in [0.29, 0.717) is 28.8 Å². The Hall–Kier alpha value is -2.87. The molecule has 3 heterocycles. The van der Waals surface area contributed by atoms with Crippen LogP contribution in [0.15, 0.2) is 36.7 Å². The summed E-state index contributed by atoms with van der Waals surface area (Å²) < 4.78 is 54.0. The van der Waals surface area contributed by atoms with Gasteiger partial charge >= 0.3 is 13.7 Å². The SMILES string of the molecule is Cc1nc(N(C)C2CC2)c2ncn([C@@H]3O[C@](CCl)(CO[P@@](=O)(N[C@@H](C)C(=O)OC(C)C)Oc4ccccc4)[C@@H](O)[C@H]3F)c2n1. The second-order valence-corrected chi connectivity index (χ2v) is 13.3. The lowest BCUT2D eigenvalue weighted by Gasteiger charge is -2.31. The van der Waals surface area contributed by atoms with Gasteiger partial charge < -0.3 is 24.0 Å². The van der Waals surface area contributed by atoms with Gasteiger partial charge in [0.05, 0.1) is 24.9 Å². The Balaban J connectivity index is 1.41. The molecule has 0 unspecified atom stereocenters. The fourth-order valence-electron chi connectivity index (χ4n) is 4.90. The van der Waals surface area contributed by atoms with Crippen LogP contribution in [0.1, 0.15) is 45.7 Å². The third kappa shape index (κ3) is 6.70. The minimum atomic E-state index is -4.36. The number of hydrogen-bond donors (Lipinski definition) is 2. The van der Waals surface area contributed by atoms with Crippen molar-refractivity contribution in [2.45, 2.75) is 82.8 Å². The average molecular weight is 655 g/mol. The number of anilines is 1. The number of aryl methyl sites for hydroxylation is 1. The first-order chi connectivity index (χ1) is 20.9. The van der Waals surface area contributed by atoms with Gasteiger partial charge in [-0.2, -0.15) is 5.09 Å². The number of halogens is 2. The fraction of sp³-hybridized carbons (Fsp3) is 0.571. The van der Waals surface area contributed by atoms with Crippen molar-refractivity contribution in [2.75, 3.05) is 24.4 Å². The van der Waals surface area contributed by atoms with Gasteiger partial charge in [-0.15, -0.1) is 11.6 Å². The summed E-state index contributed by atoms with van der Waals surface area (Å²) >= 11 is 6.29. The molecule has 6 atom stereocenters. The Bertz CT molecular complexity index is 1530. The highest BCUT2D eigenvalue weighted by atomic mass is 35.5. The van der Waals surface area contributed by atoms with Gasteiger partial charge in [0.15, 0.2) is 29.4 Å². The van der Waals surface area contributed by atoms with E-state index in [1.165, 1.54) is 17.8 Å². The molecule has 1 aliphatic carbocycles. The van der Waals surface area contributed by atoms with Crippen LogP contribution in [-0.4, -0.2) is 86.2 Å². The number of nitrogens with zero attached hydrogens (tertiary/aromatic N) is 5. The molecule has 1 aromatic carbocycles. The molecule has 2 aromatic heterocycles. The Morgan fingerprint density at radius 2 is 2.00 bits per heavy atom. The molecule has 0 spiro atoms. The zero-order chi connectivity index (χ0) is 31.8. The topological polar surface area (TPSA) is 150 Å². The third-order valence-corrected chi connectivity index (χ3v) is 9.49. The third-order valence-electron chi connectivity index (χ3n) is 7.42. The molecule has 16 heteroatoms. The van der Waals surface area contributed by atoms with E-state index in [0.717, 1.165) is 12.8 Å². The molecule has 44 heavy (non-hydrogen) atoms. The Morgan fingerprint density at radius 1 is 1.30 bits per heavy atom. The van der Waals surface area contributed by atoms with Crippen LogP contribution >= 0.6 is 19.3 Å². The summed E-state index contributed by atoms with van der Waals surface area (Å²) in [6.07, 6.45) is -2.15. The molecule has 3 aromatic rings. The van der Waals surface area contributed by atoms with Crippen LogP contribution in [0.5, 0.6) is 5.75 Å². The number of rotatable bonds is 13. The first-order valence-electron chi connectivity index (χ1n) is 14.3. The number of para-hydroxylation sites is 1. The maximum atomic E-state index is 15.9. The zero-order valence-corrected chi connectivity index (χ0v) is 26.7. The van der Waals surface area contributed by atoms with Crippen LogP contribution < -0.4 is 14.5 Å². The van der Waals surface area contributed by atoms with Crippen LogP contribution in [0.25, 0.3) is 11.2 Å². The lowest BCUT2D eigenvalue weighted by atomic mass is 9.99. The Kier molecular flexibility index (Phi) is 9.50. The van der Waals surface area contributed by atoms with Crippen LogP contribution in [0, 0.1) is 6.92 Å². The van der Waals surface area contributed by atoms with E-state index >= 15 is 4.39 Å². The highest BCUT2D eigenvalue weighted by molar-refractivity contribution is 7.52. The molecule has 0 amide bonds. The molecule has 2 N–H and O–H groups in total. The standard InChI is InChI=1S/C28H37ClFN6O7P/c1-16(2)41-27(38)17(3)34-44(39,43-20-9-7-6-8-10-20)40-14-28(13-29)23(37)21(30)26(42-28)36-15-31-22-24(35(5)19-11-12-19)32-18(4)33-25(22)36/h6-10,15-17,19,21,23,26,37H,11-14H2,1-5H3,(H,34,39)/t17-,21+,23-,26+,28+,44-/m0/s1. The number of carbonyl (C=O) groups excluding carboxylic acids is 1. The van der Waals surface area contributed by atoms with Crippen molar-refractivity contribution in [3.05, 3.63) is 42.5 Å². The molecule has 2 fully saturated rings. The highest BCUT2D eigenvalue weighted by Crippen LogP contribution is 2.49. The number of nitrogens with one attached hydrogen (secondary N) is 1. The van der Waals surface area contributed by atoms with Gasteiger partial charge in [-0.1, -0.05) is 18.2 Å². The number of hydrogen-bond acceptors (Lipinski definition) is 11. The summed E-state index contributed by atoms with van der Waals surface area (Å²) in [5.74, 6) is 0.124. The lowest BCUT2D eigenvalue weighted by molar-refractivity contribution is -0.149. The van der Waals surface area contributed by atoms with E-state index in [2.05, 4.69) is 20.0 Å². The summed E-state index contributed by atoms with van der Waals surface area (Å²) in [6.45, 7) is 5.86. The molecule has 1 saturated heterocycles. The number of alkyl halides is 2. The summed E-state index contributed by atoms with van der Waals surface area (Å²) in [6, 6.07) is 7.38. The van der Waals surface area contributed by atoms with E-state index in [4.69, 9.17) is 30.1 Å². The lowest BCUT2D eigenvalue weighted by Crippen LogP contribution is -2.48. The predicted octanol–water partition coefficient (Wildman–Crippen LogP) is 4.07. The van der Waals surface area contributed by atoms with Crippen molar-refractivity contribution >= 4 is 42.3 Å². The Morgan fingerprint density at radius 3 is 2.64 bits per heavy atom. The van der Waals surface area contributed by atoms with Gasteiger partial charge in [0, 0.05) is 13.1 Å². The van der Waals surface area contributed by atoms with Gasteiger partial charge in [0.1, 0.15) is 29.3 Å². The maximum Gasteiger partial charge on any atom is 0.459 e. The van der Waals surface area contributed by atoms with Crippen molar-refractivity contribution in [1.82, 2.24) is 24.6 Å². The van der Waals surface area contributed by atoms with Crippen molar-refractivity contribution in [3.63, 3.8) is 0 Å². The normalized spacial score (nSPS) is 25.6. The smallest absolute Gasteiger partial charge is 0.459 e. The van der Waals surface area contributed by atoms with Gasteiger partial charge in [-0.05, 0) is 52.7 Å². The van der Waals surface area contributed by atoms with Crippen LogP contribution in [0.3, 0.4) is 0 Å². The van der Waals surface area contributed by atoms with Crippen molar-refractivity contribution in [2.24, 2.45) is 0 Å². The summed E-state index contributed by atoms with van der Waals surface area (Å²) in [5, 5.41) is 13.7. The van der Waals surface area contributed by atoms with Gasteiger partial charge in [0.25, 0.3) is 0 Å². The molecular formula is C28H37ClFN6O7P. The molecular weight excluding hydrogens is 618 g/mol. The van der Waals surface area contributed by atoms with Gasteiger partial charge in [0.2, 0.25) is 0 Å². The largest absolute Gasteiger partial charge is 0.462 e. The number of imidazole rings is 1. The van der Waals surface area contributed by atoms with E-state index in [-0.39, 0.29) is 5.75 Å². The van der Waals surface area contributed by atoms with Crippen molar-refractivity contribution < 1.29 is 37.4 Å². The number of fused-ring (bicyclic) bond motifs is 1. The van der Waals surface area contributed by atoms with Crippen LogP contribution in [0.4, 0.5) is 10.2 Å². The van der Waals surface area contributed by atoms with Gasteiger partial charge in [-0.3, -0.25) is 13.9 Å². The maximum absolute atomic E-state index is 15.9. The molecule has 1 aliphatic heterocycles. The molecule has 240 valence electrons. The molecule has 13 nitrogen and oxygen atoms in total. The predicted molar refractivity (Wildman–Crippen MR) is 160 cm³/mol. The zero-order valence-electron chi connectivity index (χ0n) is 25.1. The molecule has 5 rings (SSSR count). The number of aliphatic hydroxyl groups excluding tert-OH is 1. The molecule has 1 saturated carbocycles. The summed E-state index contributed by atoms with van der Waals surface area (Å²) in [5.41, 5.74) is -1.08. The van der Waals surface area contributed by atoms with E-state index in [1.807, 2.05) is 11.9 Å². The molecule has 0 radical (unpaired) electrons. The Labute approximate surface area is 259 Å². The molecule has 0 bridgehead atoms. The monoisotopic (exact) mass is 654 g/mol. The second kappa shape index (κ2) is 12.9. The summed E-state index contributed by atoms with van der Waals surface area (Å²) in [4.78, 5) is 28.0. The average Bonchev–Trinajstić information content (AvgIpc) is 3.71. The number of esters is 1. The minimum Gasteiger partial charge on any atom is -0.462 e. The first kappa shape index (κ1) is 32.5. The van der Waals surface area contributed by atoms with Crippen molar-refractivity contribution in [1.29, 1.82) is 0 Å². The molecule has 2 aliphatic rings. The second-order valence-electron chi connectivity index (χ2n) is 11.4. The highest BCUT2D eigenvalue weighted by Gasteiger charge is 2.57. The van der Waals surface area contributed by atoms with Crippen LogP contribution in [0.2, 0.25) is 0 Å². The van der Waals surface area contributed by atoms with Crippen molar-refractivity contribution in [3.8, 4) is 5.75 Å². The van der Waals surface area contributed by atoms with Crippen LogP contribution in [-0.2, 0) is 23.4 Å². The quantitative estimate of drug-likeness (QED) is 0.155. The van der Waals surface area contributed by atoms with Gasteiger partial charge in [-0.25, -0.2) is 23.9 Å². The number of aliphatic hydroxyl groups is 1. The minimum absolute atomic E-state index is 0.175. The first-order valence-corrected chi connectivity index (χ1v) is 16.4. The van der Waals surface area contributed by atoms with E-state index in [1.54, 1.807) is 51.1 Å². The number of ether oxygens (including phenoxy) is 2. The summed E-state index contributed by atoms with van der Waals surface area (Å²) in [7, 11) is -2.44. The van der Waals surface area contributed by atoms with E-state index in [9.17, 15) is 14.5 Å². The number of carbonyl (C=O) groups is 1. The number of aromatic nitrogens is 4.